The number of rotatable bonds is 4. The average molecular weight is 348 g/mol. The molecule has 0 saturated carbocycles. The summed E-state index contributed by atoms with van der Waals surface area (Å²) >= 11 is 6.73. The predicted octanol–water partition coefficient (Wildman–Crippen LogP) is 4.01. The standard InChI is InChI=1S/C15H13FN4OS2/c1-9(14(21)17-11-6-3-2-5-10(11)16)20-13(18-19-15(20)22)12-7-4-8-23-12/h2-9H,1H3,(H,17,21)(H,19,22). The van der Waals surface area contributed by atoms with Crippen LogP contribution in [0, 0.1) is 10.6 Å². The number of para-hydroxylation sites is 1. The van der Waals surface area contributed by atoms with Crippen LogP contribution in [-0.2, 0) is 4.79 Å². The summed E-state index contributed by atoms with van der Waals surface area (Å²) in [5.41, 5.74) is 0.136. The number of nitrogens with one attached hydrogen (secondary N) is 2. The van der Waals surface area contributed by atoms with Gasteiger partial charge in [0.05, 0.1) is 10.6 Å². The number of hydrogen-bond donors (Lipinski definition) is 2. The number of hydrogen-bond acceptors (Lipinski definition) is 4. The Kier molecular flexibility index (Phi) is 4.35. The van der Waals surface area contributed by atoms with Crippen LogP contribution in [0.4, 0.5) is 10.1 Å². The first-order valence-corrected chi connectivity index (χ1v) is 8.13. The number of benzene rings is 1. The topological polar surface area (TPSA) is 62.7 Å². The molecule has 0 aliphatic carbocycles. The van der Waals surface area contributed by atoms with Crippen molar-refractivity contribution in [1.29, 1.82) is 0 Å². The number of thiophene rings is 1. The second kappa shape index (κ2) is 6.43. The lowest BCUT2D eigenvalue weighted by molar-refractivity contribution is -0.118. The van der Waals surface area contributed by atoms with Gasteiger partial charge < -0.3 is 5.32 Å². The van der Waals surface area contributed by atoms with Gasteiger partial charge in [-0.1, -0.05) is 18.2 Å². The van der Waals surface area contributed by atoms with E-state index < -0.39 is 11.9 Å². The third-order valence-electron chi connectivity index (χ3n) is 3.34. The molecule has 1 amide bonds. The number of amides is 1. The Morgan fingerprint density at radius 2 is 2.17 bits per heavy atom. The fourth-order valence-corrected chi connectivity index (χ4v) is 3.16. The monoisotopic (exact) mass is 348 g/mol. The van der Waals surface area contributed by atoms with Crippen molar-refractivity contribution in [2.45, 2.75) is 13.0 Å². The van der Waals surface area contributed by atoms with Gasteiger partial charge in [-0.15, -0.1) is 11.3 Å². The van der Waals surface area contributed by atoms with E-state index in [1.807, 2.05) is 17.5 Å². The van der Waals surface area contributed by atoms with Crippen molar-refractivity contribution >= 4 is 35.1 Å². The van der Waals surface area contributed by atoms with Crippen LogP contribution in [0.15, 0.2) is 41.8 Å². The van der Waals surface area contributed by atoms with E-state index in [2.05, 4.69) is 15.5 Å². The minimum Gasteiger partial charge on any atom is -0.322 e. The number of carbonyl (C=O) groups is 1. The van der Waals surface area contributed by atoms with E-state index in [4.69, 9.17) is 12.2 Å². The van der Waals surface area contributed by atoms with Crippen LogP contribution in [0.5, 0.6) is 0 Å². The average Bonchev–Trinajstić information content (AvgIpc) is 3.18. The van der Waals surface area contributed by atoms with Gasteiger partial charge >= 0.3 is 0 Å². The van der Waals surface area contributed by atoms with Gasteiger partial charge in [-0.2, -0.15) is 5.10 Å². The Labute approximate surface area is 140 Å². The Morgan fingerprint density at radius 1 is 1.39 bits per heavy atom. The first kappa shape index (κ1) is 15.6. The predicted molar refractivity (Wildman–Crippen MR) is 90.5 cm³/mol. The number of nitrogens with zero attached hydrogens (tertiary/aromatic N) is 2. The molecule has 2 aromatic heterocycles. The molecule has 0 radical (unpaired) electrons. The molecular formula is C15H13FN4OS2. The van der Waals surface area contributed by atoms with Gasteiger partial charge in [0.15, 0.2) is 10.6 Å². The summed E-state index contributed by atoms with van der Waals surface area (Å²) in [5.74, 6) is -0.270. The zero-order chi connectivity index (χ0) is 16.4. The van der Waals surface area contributed by atoms with Crippen LogP contribution in [0.3, 0.4) is 0 Å². The van der Waals surface area contributed by atoms with Crippen molar-refractivity contribution in [3.05, 3.63) is 52.4 Å². The molecule has 0 aliphatic heterocycles. The molecule has 2 heterocycles. The van der Waals surface area contributed by atoms with E-state index in [-0.39, 0.29) is 11.6 Å². The van der Waals surface area contributed by atoms with Crippen LogP contribution in [-0.4, -0.2) is 20.7 Å². The van der Waals surface area contributed by atoms with Gasteiger partial charge in [0.2, 0.25) is 5.91 Å². The largest absolute Gasteiger partial charge is 0.322 e. The molecule has 8 heteroatoms. The molecule has 23 heavy (non-hydrogen) atoms. The molecule has 0 bridgehead atoms. The third-order valence-corrected chi connectivity index (χ3v) is 4.50. The molecule has 0 aliphatic rings. The first-order chi connectivity index (χ1) is 11.1. The Morgan fingerprint density at radius 3 is 2.87 bits per heavy atom. The van der Waals surface area contributed by atoms with E-state index in [9.17, 15) is 9.18 Å². The number of aromatic nitrogens is 3. The Bertz CT molecular complexity index is 885. The van der Waals surface area contributed by atoms with E-state index >= 15 is 0 Å². The van der Waals surface area contributed by atoms with Gasteiger partial charge in [0.25, 0.3) is 0 Å². The quantitative estimate of drug-likeness (QED) is 0.700. The maximum Gasteiger partial charge on any atom is 0.247 e. The SMILES string of the molecule is CC(C(=O)Nc1ccccc1F)n1c(-c2cccs2)n[nH]c1=S. The fourth-order valence-electron chi connectivity index (χ4n) is 2.16. The molecule has 3 rings (SSSR count). The molecule has 2 N–H and O–H groups in total. The Hall–Kier alpha value is -2.32. The number of aromatic amines is 1. The van der Waals surface area contributed by atoms with Crippen molar-refractivity contribution in [1.82, 2.24) is 14.8 Å². The summed E-state index contributed by atoms with van der Waals surface area (Å²) in [6.45, 7) is 1.69. The van der Waals surface area contributed by atoms with Crippen LogP contribution < -0.4 is 5.32 Å². The lowest BCUT2D eigenvalue weighted by atomic mass is 10.2. The molecule has 1 aromatic carbocycles. The molecule has 3 aromatic rings. The summed E-state index contributed by atoms with van der Waals surface area (Å²) in [4.78, 5) is 13.3. The van der Waals surface area contributed by atoms with Crippen molar-refractivity contribution in [2.24, 2.45) is 0 Å². The lowest BCUT2D eigenvalue weighted by Crippen LogP contribution is -2.24. The van der Waals surface area contributed by atoms with E-state index in [1.165, 1.54) is 23.5 Å². The smallest absolute Gasteiger partial charge is 0.247 e. The van der Waals surface area contributed by atoms with Gasteiger partial charge in [-0.05, 0) is 42.7 Å². The molecule has 5 nitrogen and oxygen atoms in total. The van der Waals surface area contributed by atoms with Crippen molar-refractivity contribution in [2.75, 3.05) is 5.32 Å². The Balaban J connectivity index is 1.90. The summed E-state index contributed by atoms with van der Waals surface area (Å²) in [7, 11) is 0. The van der Waals surface area contributed by atoms with Gasteiger partial charge in [-0.3, -0.25) is 14.5 Å². The van der Waals surface area contributed by atoms with Gasteiger partial charge in [0.1, 0.15) is 11.9 Å². The maximum absolute atomic E-state index is 13.7. The van der Waals surface area contributed by atoms with Crippen LogP contribution in [0.2, 0.25) is 0 Å². The highest BCUT2D eigenvalue weighted by atomic mass is 32.1. The zero-order valence-corrected chi connectivity index (χ0v) is 13.7. The normalized spacial score (nSPS) is 12.1. The number of H-pyrrole nitrogens is 1. The van der Waals surface area contributed by atoms with E-state index in [1.54, 1.807) is 23.6 Å². The molecule has 0 spiro atoms. The minimum atomic E-state index is -0.641. The lowest BCUT2D eigenvalue weighted by Gasteiger charge is -2.15. The molecule has 1 atom stereocenters. The highest BCUT2D eigenvalue weighted by molar-refractivity contribution is 7.71. The maximum atomic E-state index is 13.7. The summed E-state index contributed by atoms with van der Waals surface area (Å²) < 4.78 is 15.6. The fraction of sp³-hybridized carbons (Fsp3) is 0.133. The number of halogens is 1. The molecule has 0 saturated heterocycles. The third kappa shape index (κ3) is 3.08. The summed E-state index contributed by atoms with van der Waals surface area (Å²) in [6, 6.07) is 9.17. The van der Waals surface area contributed by atoms with E-state index in [0.717, 1.165) is 4.88 Å². The van der Waals surface area contributed by atoms with Crippen LogP contribution in [0.25, 0.3) is 10.7 Å². The molecule has 0 fully saturated rings. The second-order valence-corrected chi connectivity index (χ2v) is 6.18. The van der Waals surface area contributed by atoms with Gasteiger partial charge in [-0.25, -0.2) is 4.39 Å². The van der Waals surface area contributed by atoms with Crippen molar-refractivity contribution in [3.8, 4) is 10.7 Å². The molecule has 1 unspecified atom stereocenters. The summed E-state index contributed by atoms with van der Waals surface area (Å²) in [5, 5.41) is 11.4. The first-order valence-electron chi connectivity index (χ1n) is 6.84. The van der Waals surface area contributed by atoms with Crippen LogP contribution in [0.1, 0.15) is 13.0 Å². The molecule has 118 valence electrons. The van der Waals surface area contributed by atoms with Crippen molar-refractivity contribution in [3.63, 3.8) is 0 Å². The highest BCUT2D eigenvalue weighted by Gasteiger charge is 2.22. The highest BCUT2D eigenvalue weighted by Crippen LogP contribution is 2.26. The van der Waals surface area contributed by atoms with E-state index in [0.29, 0.717) is 10.6 Å². The number of carbonyl (C=O) groups excluding carboxylic acids is 1. The zero-order valence-electron chi connectivity index (χ0n) is 12.1. The van der Waals surface area contributed by atoms with Gasteiger partial charge in [0, 0.05) is 0 Å². The van der Waals surface area contributed by atoms with Crippen molar-refractivity contribution < 1.29 is 9.18 Å². The summed E-state index contributed by atoms with van der Waals surface area (Å²) in [6.07, 6.45) is 0. The molecular weight excluding hydrogens is 335 g/mol. The second-order valence-electron chi connectivity index (χ2n) is 4.84. The van der Waals surface area contributed by atoms with Crippen LogP contribution >= 0.6 is 23.6 Å². The minimum absolute atomic E-state index is 0.136. The number of anilines is 1.